The zero-order valence-corrected chi connectivity index (χ0v) is 22.9. The van der Waals surface area contributed by atoms with E-state index >= 15 is 0 Å². The van der Waals surface area contributed by atoms with Crippen LogP contribution in [0.4, 0.5) is 0 Å². The summed E-state index contributed by atoms with van der Waals surface area (Å²) in [6, 6.07) is 30.0. The molecule has 0 saturated carbocycles. The van der Waals surface area contributed by atoms with Crippen molar-refractivity contribution in [2.45, 2.75) is 12.7 Å². The number of nitriles is 1. The molecule has 1 atom stereocenters. The highest BCUT2D eigenvalue weighted by molar-refractivity contribution is 5.98. The molecule has 0 aliphatic heterocycles. The summed E-state index contributed by atoms with van der Waals surface area (Å²) in [4.78, 5) is 18.1. The smallest absolute Gasteiger partial charge is 0.253 e. The van der Waals surface area contributed by atoms with Crippen LogP contribution in [0.3, 0.4) is 0 Å². The highest BCUT2D eigenvalue weighted by Crippen LogP contribution is 2.35. The number of nitrogens with zero attached hydrogens (tertiary/aromatic N) is 4. The number of hydrogen-bond acceptors (Lipinski definition) is 4. The summed E-state index contributed by atoms with van der Waals surface area (Å²) in [6.45, 7) is 0.343. The van der Waals surface area contributed by atoms with Crippen LogP contribution in [0.2, 0.25) is 0 Å². The molecule has 1 aromatic heterocycles. The number of aryl methyl sites for hydroxylation is 1. The topological polar surface area (TPSA) is 71.2 Å². The normalized spacial score (nSPS) is 11.4. The SMILES string of the molecule is CN(C)C(=O)c1ccc(COC(c2ccc(C#N)c(-c3cccc4ccccc34)c2)c2cncn2C)cc1.Cl. The van der Waals surface area contributed by atoms with Crippen LogP contribution < -0.4 is 0 Å². The van der Waals surface area contributed by atoms with Crippen LogP contribution in [-0.2, 0) is 18.4 Å². The van der Waals surface area contributed by atoms with Gasteiger partial charge in [-0.3, -0.25) is 4.79 Å². The molecule has 6 nitrogen and oxygen atoms in total. The Labute approximate surface area is 234 Å². The van der Waals surface area contributed by atoms with Gasteiger partial charge in [-0.1, -0.05) is 60.7 Å². The van der Waals surface area contributed by atoms with E-state index in [0.717, 1.165) is 38.7 Å². The number of imidazole rings is 1. The van der Waals surface area contributed by atoms with Crippen LogP contribution >= 0.6 is 12.4 Å². The van der Waals surface area contributed by atoms with E-state index in [1.165, 1.54) is 0 Å². The van der Waals surface area contributed by atoms with Crippen molar-refractivity contribution in [2.24, 2.45) is 7.05 Å². The molecule has 4 aromatic carbocycles. The molecule has 0 spiro atoms. The lowest BCUT2D eigenvalue weighted by Crippen LogP contribution is -2.21. The third-order valence-corrected chi connectivity index (χ3v) is 6.69. The standard InChI is InChI=1S/C32H28N4O2.ClH/c1-35(2)32(37)24-13-11-22(12-14-24)20-38-31(30-19-34-21-36(30)3)25-15-16-26(18-33)29(17-25)28-10-6-8-23-7-4-5-9-27(23)28;/h4-17,19,21,31H,20H2,1-3H3;1H. The van der Waals surface area contributed by atoms with E-state index in [1.807, 2.05) is 66.2 Å². The monoisotopic (exact) mass is 536 g/mol. The first-order valence-electron chi connectivity index (χ1n) is 12.4. The van der Waals surface area contributed by atoms with Crippen molar-refractivity contribution in [2.75, 3.05) is 14.1 Å². The van der Waals surface area contributed by atoms with Crippen molar-refractivity contribution in [1.29, 1.82) is 5.26 Å². The molecule has 39 heavy (non-hydrogen) atoms. The van der Waals surface area contributed by atoms with Crippen molar-refractivity contribution >= 4 is 29.1 Å². The number of carbonyl (C=O) groups excluding carboxylic acids is 1. The van der Waals surface area contributed by atoms with E-state index in [2.05, 4.69) is 41.4 Å². The van der Waals surface area contributed by atoms with Crippen LogP contribution in [0.25, 0.3) is 21.9 Å². The van der Waals surface area contributed by atoms with Crippen molar-refractivity contribution in [3.05, 3.63) is 125 Å². The number of carbonyl (C=O) groups is 1. The number of ether oxygens (including phenoxy) is 1. The molecule has 5 rings (SSSR count). The van der Waals surface area contributed by atoms with Gasteiger partial charge in [0.2, 0.25) is 0 Å². The second-order valence-corrected chi connectivity index (χ2v) is 9.46. The summed E-state index contributed by atoms with van der Waals surface area (Å²) in [5.74, 6) is -0.0382. The predicted octanol–water partition coefficient (Wildman–Crippen LogP) is 6.54. The van der Waals surface area contributed by atoms with E-state index in [0.29, 0.717) is 17.7 Å². The van der Waals surface area contributed by atoms with E-state index in [9.17, 15) is 10.1 Å². The maximum absolute atomic E-state index is 12.2. The second-order valence-electron chi connectivity index (χ2n) is 9.46. The number of rotatable bonds is 7. The van der Waals surface area contributed by atoms with Gasteiger partial charge in [0.1, 0.15) is 6.10 Å². The first-order chi connectivity index (χ1) is 18.5. The van der Waals surface area contributed by atoms with Crippen molar-refractivity contribution < 1.29 is 9.53 Å². The summed E-state index contributed by atoms with van der Waals surface area (Å²) in [7, 11) is 5.42. The maximum Gasteiger partial charge on any atom is 0.253 e. The van der Waals surface area contributed by atoms with Gasteiger partial charge in [0.25, 0.3) is 5.91 Å². The molecule has 1 unspecified atom stereocenters. The highest BCUT2D eigenvalue weighted by atomic mass is 35.5. The largest absolute Gasteiger partial charge is 0.363 e. The first kappa shape index (κ1) is 27.6. The van der Waals surface area contributed by atoms with E-state index in [1.54, 1.807) is 31.5 Å². The van der Waals surface area contributed by atoms with E-state index in [-0.39, 0.29) is 18.3 Å². The van der Waals surface area contributed by atoms with Crippen molar-refractivity contribution in [1.82, 2.24) is 14.5 Å². The fraction of sp³-hybridized carbons (Fsp3) is 0.156. The van der Waals surface area contributed by atoms with Crippen LogP contribution in [0, 0.1) is 11.3 Å². The van der Waals surface area contributed by atoms with Crippen molar-refractivity contribution in [3.63, 3.8) is 0 Å². The minimum Gasteiger partial charge on any atom is -0.363 e. The van der Waals surface area contributed by atoms with Gasteiger partial charge >= 0.3 is 0 Å². The van der Waals surface area contributed by atoms with Crippen LogP contribution in [-0.4, -0.2) is 34.5 Å². The number of fused-ring (bicyclic) bond motifs is 1. The third kappa shape index (κ3) is 5.70. The summed E-state index contributed by atoms with van der Waals surface area (Å²) in [6.07, 6.45) is 3.15. The van der Waals surface area contributed by atoms with Gasteiger partial charge in [0.15, 0.2) is 0 Å². The van der Waals surface area contributed by atoms with Crippen LogP contribution in [0.15, 0.2) is 97.5 Å². The molecule has 0 fully saturated rings. The molecule has 0 bridgehead atoms. The average Bonchev–Trinajstić information content (AvgIpc) is 3.38. The van der Waals surface area contributed by atoms with Gasteiger partial charge in [-0.15, -0.1) is 12.4 Å². The number of benzene rings is 4. The Morgan fingerprint density at radius 3 is 2.44 bits per heavy atom. The Morgan fingerprint density at radius 2 is 1.74 bits per heavy atom. The molecule has 1 heterocycles. The lowest BCUT2D eigenvalue weighted by molar-refractivity contribution is 0.0622. The van der Waals surface area contributed by atoms with Gasteiger partial charge in [-0.05, 0) is 51.7 Å². The zero-order chi connectivity index (χ0) is 26.6. The molecular weight excluding hydrogens is 508 g/mol. The molecule has 5 aromatic rings. The predicted molar refractivity (Wildman–Crippen MR) is 156 cm³/mol. The Balaban J connectivity index is 0.00000353. The first-order valence-corrected chi connectivity index (χ1v) is 12.4. The fourth-order valence-corrected chi connectivity index (χ4v) is 4.66. The van der Waals surface area contributed by atoms with Crippen LogP contribution in [0.1, 0.15) is 38.8 Å². The van der Waals surface area contributed by atoms with Crippen molar-refractivity contribution in [3.8, 4) is 17.2 Å². The van der Waals surface area contributed by atoms with Gasteiger partial charge < -0.3 is 14.2 Å². The van der Waals surface area contributed by atoms with Gasteiger partial charge in [0.05, 0.1) is 36.5 Å². The molecule has 0 aliphatic rings. The summed E-state index contributed by atoms with van der Waals surface area (Å²) >= 11 is 0. The van der Waals surface area contributed by atoms with E-state index in [4.69, 9.17) is 4.74 Å². The van der Waals surface area contributed by atoms with E-state index < -0.39 is 6.10 Å². The summed E-state index contributed by atoms with van der Waals surface area (Å²) in [5, 5.41) is 12.1. The molecule has 0 radical (unpaired) electrons. The third-order valence-electron chi connectivity index (χ3n) is 6.69. The summed E-state index contributed by atoms with van der Waals surface area (Å²) < 4.78 is 8.44. The molecular formula is C32H29ClN4O2. The van der Waals surface area contributed by atoms with Gasteiger partial charge in [0, 0.05) is 32.3 Å². The highest BCUT2D eigenvalue weighted by Gasteiger charge is 2.21. The fourth-order valence-electron chi connectivity index (χ4n) is 4.66. The summed E-state index contributed by atoms with van der Waals surface area (Å²) in [5.41, 5.74) is 5.89. The molecule has 7 heteroatoms. The quantitative estimate of drug-likeness (QED) is 0.237. The van der Waals surface area contributed by atoms with Gasteiger partial charge in [-0.25, -0.2) is 4.98 Å². The molecule has 196 valence electrons. The zero-order valence-electron chi connectivity index (χ0n) is 22.0. The molecule has 0 N–H and O–H groups in total. The molecule has 1 amide bonds. The second kappa shape index (κ2) is 12.0. The lowest BCUT2D eigenvalue weighted by atomic mass is 9.92. The molecule has 0 aliphatic carbocycles. The Hall–Kier alpha value is -4.44. The number of amides is 1. The average molecular weight is 537 g/mol. The Morgan fingerprint density at radius 1 is 1.00 bits per heavy atom. The molecule has 0 saturated heterocycles. The Bertz CT molecular complexity index is 1650. The van der Waals surface area contributed by atoms with Crippen LogP contribution in [0.5, 0.6) is 0 Å². The number of hydrogen-bond donors (Lipinski definition) is 0. The minimum absolute atomic E-state index is 0. The number of aromatic nitrogens is 2. The van der Waals surface area contributed by atoms with Gasteiger partial charge in [-0.2, -0.15) is 5.26 Å². The number of halogens is 1. The maximum atomic E-state index is 12.2. The minimum atomic E-state index is -0.410. The lowest BCUT2D eigenvalue weighted by Gasteiger charge is -2.21. The Kier molecular flexibility index (Phi) is 8.46.